The van der Waals surface area contributed by atoms with Gasteiger partial charge in [-0.15, -0.1) is 0 Å². The van der Waals surface area contributed by atoms with Crippen LogP contribution in [-0.4, -0.2) is 27.4 Å². The van der Waals surface area contributed by atoms with E-state index < -0.39 is 17.5 Å². The summed E-state index contributed by atoms with van der Waals surface area (Å²) in [5.41, 5.74) is 5.29. The number of hydrogen-bond donors (Lipinski definition) is 1. The van der Waals surface area contributed by atoms with Gasteiger partial charge >= 0.3 is 6.18 Å². The minimum atomic E-state index is -4.33. The molecule has 0 aliphatic rings. The van der Waals surface area contributed by atoms with E-state index in [-0.39, 0.29) is 5.03 Å². The van der Waals surface area contributed by atoms with Gasteiger partial charge in [0.1, 0.15) is 11.6 Å². The monoisotopic (exact) mass is 237 g/mol. The summed E-state index contributed by atoms with van der Waals surface area (Å²) in [6, 6.07) is 0.441. The van der Waals surface area contributed by atoms with Crippen molar-refractivity contribution in [1.82, 2.24) is 9.97 Å². The third-order valence-electron chi connectivity index (χ3n) is 1.60. The van der Waals surface area contributed by atoms with Crippen molar-refractivity contribution in [3.8, 4) is 0 Å². The van der Waals surface area contributed by atoms with Crippen LogP contribution in [0.1, 0.15) is 6.92 Å². The van der Waals surface area contributed by atoms with Gasteiger partial charge in [-0.25, -0.2) is 9.97 Å². The topological polar surface area (TPSA) is 51.8 Å². The lowest BCUT2D eigenvalue weighted by Crippen LogP contribution is -2.40. The smallest absolute Gasteiger partial charge is 0.327 e. The first-order valence-electron chi connectivity index (χ1n) is 4.16. The standard InChI is InChI=1S/C8H10F3N3S/c1-5(12)7(8(9,10)11)15-6-2-3-13-4-14-6/h2-5,7H,12H2,1H3. The summed E-state index contributed by atoms with van der Waals surface area (Å²) in [7, 11) is 0. The van der Waals surface area contributed by atoms with E-state index in [1.54, 1.807) is 0 Å². The summed E-state index contributed by atoms with van der Waals surface area (Å²) in [4.78, 5) is 7.33. The Morgan fingerprint density at radius 2 is 2.13 bits per heavy atom. The van der Waals surface area contributed by atoms with E-state index in [0.29, 0.717) is 11.8 Å². The molecule has 2 N–H and O–H groups in total. The highest BCUT2D eigenvalue weighted by Gasteiger charge is 2.42. The number of hydrogen-bond acceptors (Lipinski definition) is 4. The molecule has 0 aromatic carbocycles. The molecular formula is C8H10F3N3S. The Morgan fingerprint density at radius 3 is 2.53 bits per heavy atom. The summed E-state index contributed by atoms with van der Waals surface area (Å²) in [5, 5.41) is -1.38. The average Bonchev–Trinajstić information content (AvgIpc) is 2.13. The Labute approximate surface area is 89.3 Å². The molecule has 0 radical (unpaired) electrons. The first kappa shape index (κ1) is 12.3. The van der Waals surface area contributed by atoms with Gasteiger partial charge in [0.15, 0.2) is 0 Å². The predicted molar refractivity (Wildman–Crippen MR) is 51.4 cm³/mol. The number of halogens is 3. The molecule has 1 rings (SSSR count). The molecular weight excluding hydrogens is 227 g/mol. The van der Waals surface area contributed by atoms with Crippen LogP contribution in [-0.2, 0) is 0 Å². The van der Waals surface area contributed by atoms with Crippen molar-refractivity contribution < 1.29 is 13.2 Å². The zero-order valence-electron chi connectivity index (χ0n) is 7.90. The molecule has 0 saturated heterocycles. The molecule has 0 bridgehead atoms. The van der Waals surface area contributed by atoms with Gasteiger partial charge in [-0.05, 0) is 13.0 Å². The van der Waals surface area contributed by atoms with E-state index in [0.717, 1.165) is 0 Å². The molecule has 2 atom stereocenters. The molecule has 0 amide bonds. The minimum absolute atomic E-state index is 0.268. The van der Waals surface area contributed by atoms with Gasteiger partial charge in [0.25, 0.3) is 0 Å². The Bertz CT molecular complexity index is 302. The Balaban J connectivity index is 2.77. The second kappa shape index (κ2) is 4.80. The number of aromatic nitrogens is 2. The highest BCUT2D eigenvalue weighted by atomic mass is 32.2. The molecule has 0 fully saturated rings. The summed E-state index contributed by atoms with van der Waals surface area (Å²) in [6.45, 7) is 1.33. The SMILES string of the molecule is CC(N)C(Sc1ccncn1)C(F)(F)F. The van der Waals surface area contributed by atoms with E-state index in [1.807, 2.05) is 0 Å². The van der Waals surface area contributed by atoms with Crippen LogP contribution in [0.3, 0.4) is 0 Å². The Morgan fingerprint density at radius 1 is 1.47 bits per heavy atom. The van der Waals surface area contributed by atoms with Crippen molar-refractivity contribution >= 4 is 11.8 Å². The van der Waals surface area contributed by atoms with E-state index in [2.05, 4.69) is 9.97 Å². The highest BCUT2D eigenvalue weighted by molar-refractivity contribution is 8.00. The van der Waals surface area contributed by atoms with Crippen LogP contribution in [0, 0.1) is 0 Å². The van der Waals surface area contributed by atoms with E-state index >= 15 is 0 Å². The molecule has 3 nitrogen and oxygen atoms in total. The number of rotatable bonds is 3. The number of thioether (sulfide) groups is 1. The van der Waals surface area contributed by atoms with Crippen molar-refractivity contribution in [2.24, 2.45) is 5.73 Å². The van der Waals surface area contributed by atoms with Gasteiger partial charge in [0.05, 0.1) is 5.03 Å². The van der Waals surface area contributed by atoms with Crippen LogP contribution in [0.15, 0.2) is 23.6 Å². The predicted octanol–water partition coefficient (Wildman–Crippen LogP) is 1.85. The van der Waals surface area contributed by atoms with Crippen molar-refractivity contribution in [3.05, 3.63) is 18.6 Å². The van der Waals surface area contributed by atoms with Gasteiger partial charge in [0.2, 0.25) is 0 Å². The third-order valence-corrected chi connectivity index (χ3v) is 3.04. The Kier molecular flexibility index (Phi) is 3.92. The van der Waals surface area contributed by atoms with E-state index in [4.69, 9.17) is 5.73 Å². The Hall–Kier alpha value is -0.820. The molecule has 0 spiro atoms. The van der Waals surface area contributed by atoms with Gasteiger partial charge in [-0.3, -0.25) is 0 Å². The fourth-order valence-corrected chi connectivity index (χ4v) is 1.81. The van der Waals surface area contributed by atoms with Crippen molar-refractivity contribution in [3.63, 3.8) is 0 Å². The molecule has 0 aliphatic carbocycles. The van der Waals surface area contributed by atoms with Gasteiger partial charge in [-0.2, -0.15) is 13.2 Å². The van der Waals surface area contributed by atoms with Gasteiger partial charge in [0, 0.05) is 12.2 Å². The van der Waals surface area contributed by atoms with Crippen LogP contribution in [0.2, 0.25) is 0 Å². The fraction of sp³-hybridized carbons (Fsp3) is 0.500. The number of nitrogens with zero attached hydrogens (tertiary/aromatic N) is 2. The minimum Gasteiger partial charge on any atom is -0.327 e. The number of alkyl halides is 3. The molecule has 0 saturated carbocycles. The highest BCUT2D eigenvalue weighted by Crippen LogP contribution is 2.35. The lowest BCUT2D eigenvalue weighted by atomic mass is 10.2. The molecule has 0 aliphatic heterocycles. The first-order chi connectivity index (χ1) is 6.91. The summed E-state index contributed by atoms with van der Waals surface area (Å²) in [6.07, 6.45) is -1.73. The summed E-state index contributed by atoms with van der Waals surface area (Å²) in [5.74, 6) is 0. The lowest BCUT2D eigenvalue weighted by Gasteiger charge is -2.22. The zero-order chi connectivity index (χ0) is 11.5. The van der Waals surface area contributed by atoms with Crippen LogP contribution < -0.4 is 5.73 Å². The molecule has 1 aromatic rings. The molecule has 1 heterocycles. The second-order valence-corrected chi connectivity index (χ2v) is 4.15. The van der Waals surface area contributed by atoms with E-state index in [9.17, 15) is 13.2 Å². The molecule has 2 unspecified atom stereocenters. The summed E-state index contributed by atoms with van der Waals surface area (Å²) < 4.78 is 37.5. The molecule has 15 heavy (non-hydrogen) atoms. The second-order valence-electron chi connectivity index (χ2n) is 2.99. The largest absolute Gasteiger partial charge is 0.402 e. The van der Waals surface area contributed by atoms with Crippen LogP contribution in [0.25, 0.3) is 0 Å². The normalized spacial score (nSPS) is 16.1. The van der Waals surface area contributed by atoms with Gasteiger partial charge in [-0.1, -0.05) is 11.8 Å². The average molecular weight is 237 g/mol. The first-order valence-corrected chi connectivity index (χ1v) is 5.04. The van der Waals surface area contributed by atoms with Crippen molar-refractivity contribution in [1.29, 1.82) is 0 Å². The summed E-state index contributed by atoms with van der Waals surface area (Å²) >= 11 is 0.603. The van der Waals surface area contributed by atoms with Crippen LogP contribution in [0.4, 0.5) is 13.2 Å². The quantitative estimate of drug-likeness (QED) is 0.644. The van der Waals surface area contributed by atoms with Crippen molar-refractivity contribution in [2.75, 3.05) is 0 Å². The maximum atomic E-state index is 12.5. The van der Waals surface area contributed by atoms with Crippen molar-refractivity contribution in [2.45, 2.75) is 29.4 Å². The van der Waals surface area contributed by atoms with E-state index in [1.165, 1.54) is 25.5 Å². The number of nitrogens with two attached hydrogens (primary N) is 1. The van der Waals surface area contributed by atoms with Crippen LogP contribution in [0.5, 0.6) is 0 Å². The molecule has 1 aromatic heterocycles. The van der Waals surface area contributed by atoms with Gasteiger partial charge < -0.3 is 5.73 Å². The molecule has 84 valence electrons. The lowest BCUT2D eigenvalue weighted by molar-refractivity contribution is -0.131. The maximum absolute atomic E-state index is 12.5. The van der Waals surface area contributed by atoms with Crippen LogP contribution >= 0.6 is 11.8 Å². The fourth-order valence-electron chi connectivity index (χ4n) is 0.951. The maximum Gasteiger partial charge on any atom is 0.402 e. The molecule has 7 heteroatoms. The third kappa shape index (κ3) is 3.67. The zero-order valence-corrected chi connectivity index (χ0v) is 8.72.